The second kappa shape index (κ2) is 9.94. The monoisotopic (exact) mass is 440 g/mol. The molecule has 0 aromatic heterocycles. The van der Waals surface area contributed by atoms with Crippen LogP contribution in [0, 0.1) is 12.8 Å². The average Bonchev–Trinajstić information content (AvgIpc) is 3.27. The van der Waals surface area contributed by atoms with Gasteiger partial charge in [0.25, 0.3) is 5.91 Å². The van der Waals surface area contributed by atoms with Gasteiger partial charge in [-0.25, -0.2) is 0 Å². The summed E-state index contributed by atoms with van der Waals surface area (Å²) >= 11 is 0. The molecule has 7 nitrogen and oxygen atoms in total. The number of carbonyl (C=O) groups excluding carboxylic acids is 2. The number of ether oxygens (including phenoxy) is 3. The van der Waals surface area contributed by atoms with E-state index >= 15 is 0 Å². The zero-order valence-electron chi connectivity index (χ0n) is 19.7. The first-order valence-electron chi connectivity index (χ1n) is 10.8. The summed E-state index contributed by atoms with van der Waals surface area (Å²) in [4.78, 5) is 30.1. The molecular formula is C25H32N2O5. The fourth-order valence-corrected chi connectivity index (χ4v) is 4.30. The summed E-state index contributed by atoms with van der Waals surface area (Å²) in [5.41, 5.74) is 2.46. The zero-order valence-corrected chi connectivity index (χ0v) is 19.7. The van der Waals surface area contributed by atoms with Crippen molar-refractivity contribution in [2.24, 2.45) is 5.92 Å². The Morgan fingerprint density at radius 2 is 1.66 bits per heavy atom. The maximum absolute atomic E-state index is 13.3. The average molecular weight is 441 g/mol. The van der Waals surface area contributed by atoms with Crippen molar-refractivity contribution in [3.05, 3.63) is 53.1 Å². The van der Waals surface area contributed by atoms with Crippen LogP contribution in [0.4, 0.5) is 0 Å². The summed E-state index contributed by atoms with van der Waals surface area (Å²) in [5, 5.41) is 0. The Morgan fingerprint density at radius 3 is 2.19 bits per heavy atom. The highest BCUT2D eigenvalue weighted by molar-refractivity contribution is 5.96. The lowest BCUT2D eigenvalue weighted by atomic mass is 9.87. The Morgan fingerprint density at radius 1 is 1.03 bits per heavy atom. The van der Waals surface area contributed by atoms with Gasteiger partial charge in [0, 0.05) is 38.2 Å². The van der Waals surface area contributed by atoms with E-state index < -0.39 is 0 Å². The molecule has 2 aromatic rings. The smallest absolute Gasteiger partial charge is 0.254 e. The van der Waals surface area contributed by atoms with Crippen LogP contribution >= 0.6 is 0 Å². The molecular weight excluding hydrogens is 408 g/mol. The van der Waals surface area contributed by atoms with Gasteiger partial charge in [-0.3, -0.25) is 9.59 Å². The molecule has 32 heavy (non-hydrogen) atoms. The van der Waals surface area contributed by atoms with Gasteiger partial charge >= 0.3 is 0 Å². The van der Waals surface area contributed by atoms with E-state index in [4.69, 9.17) is 14.2 Å². The Labute approximate surface area is 189 Å². The van der Waals surface area contributed by atoms with E-state index in [1.54, 1.807) is 38.2 Å². The minimum absolute atomic E-state index is 0.0198. The van der Waals surface area contributed by atoms with E-state index in [1.807, 2.05) is 50.2 Å². The van der Waals surface area contributed by atoms with Crippen molar-refractivity contribution in [2.75, 3.05) is 48.0 Å². The summed E-state index contributed by atoms with van der Waals surface area (Å²) in [7, 11) is 6.48. The summed E-state index contributed by atoms with van der Waals surface area (Å²) in [6.45, 7) is 5.26. The van der Waals surface area contributed by atoms with Crippen molar-refractivity contribution in [1.29, 1.82) is 0 Å². The van der Waals surface area contributed by atoms with Crippen molar-refractivity contribution in [3.63, 3.8) is 0 Å². The van der Waals surface area contributed by atoms with Crippen LogP contribution < -0.4 is 14.2 Å². The lowest BCUT2D eigenvalue weighted by molar-refractivity contribution is -0.133. The molecule has 0 aliphatic carbocycles. The van der Waals surface area contributed by atoms with E-state index in [-0.39, 0.29) is 23.7 Å². The van der Waals surface area contributed by atoms with Crippen LogP contribution in [0.2, 0.25) is 0 Å². The predicted octanol–water partition coefficient (Wildman–Crippen LogP) is 3.35. The predicted molar refractivity (Wildman–Crippen MR) is 123 cm³/mol. The molecule has 1 heterocycles. The molecule has 0 saturated carbocycles. The highest BCUT2D eigenvalue weighted by Crippen LogP contribution is 2.43. The van der Waals surface area contributed by atoms with Gasteiger partial charge < -0.3 is 24.0 Å². The standard InChI is InChI=1S/C25H32N2O5/c1-7-26(3)24(28)20-15-27(25(29)18-11-9-8-10-16(18)2)14-19(20)17-12-21(30-4)23(32-6)22(13-17)31-5/h8-13,19-20H,7,14-15H2,1-6H3/t19-,20+/m1/s1. The van der Waals surface area contributed by atoms with Gasteiger partial charge in [-0.2, -0.15) is 0 Å². The fourth-order valence-electron chi connectivity index (χ4n) is 4.30. The molecule has 2 atom stereocenters. The van der Waals surface area contributed by atoms with Crippen LogP contribution in [0.5, 0.6) is 17.2 Å². The van der Waals surface area contributed by atoms with Crippen LogP contribution in [-0.4, -0.2) is 69.6 Å². The molecule has 1 aliphatic heterocycles. The Bertz CT molecular complexity index is 965. The molecule has 0 bridgehead atoms. The number of amides is 2. The molecule has 0 spiro atoms. The first kappa shape index (κ1) is 23.4. The number of likely N-dealkylation sites (tertiary alicyclic amines) is 1. The molecule has 0 radical (unpaired) electrons. The van der Waals surface area contributed by atoms with Crippen LogP contribution in [-0.2, 0) is 4.79 Å². The number of rotatable bonds is 7. The molecule has 1 fully saturated rings. The Balaban J connectivity index is 2.03. The van der Waals surface area contributed by atoms with Gasteiger partial charge in [0.1, 0.15) is 0 Å². The van der Waals surface area contributed by atoms with Gasteiger partial charge in [0.05, 0.1) is 27.2 Å². The van der Waals surface area contributed by atoms with E-state index in [1.165, 1.54) is 0 Å². The van der Waals surface area contributed by atoms with Crippen molar-refractivity contribution < 1.29 is 23.8 Å². The lowest BCUT2D eigenvalue weighted by Gasteiger charge is -2.24. The molecule has 2 aromatic carbocycles. The van der Waals surface area contributed by atoms with Gasteiger partial charge in [0.2, 0.25) is 11.7 Å². The van der Waals surface area contributed by atoms with Gasteiger partial charge in [-0.05, 0) is 43.2 Å². The minimum Gasteiger partial charge on any atom is -0.493 e. The summed E-state index contributed by atoms with van der Waals surface area (Å²) in [6.07, 6.45) is 0. The van der Waals surface area contributed by atoms with E-state index in [9.17, 15) is 9.59 Å². The van der Waals surface area contributed by atoms with Crippen LogP contribution in [0.25, 0.3) is 0 Å². The molecule has 1 saturated heterocycles. The number of carbonyl (C=O) groups is 2. The second-order valence-corrected chi connectivity index (χ2v) is 8.05. The molecule has 1 aliphatic rings. The third-order valence-corrected chi connectivity index (χ3v) is 6.27. The highest BCUT2D eigenvalue weighted by atomic mass is 16.5. The molecule has 7 heteroatoms. The van der Waals surface area contributed by atoms with Gasteiger partial charge in [0.15, 0.2) is 11.5 Å². The molecule has 172 valence electrons. The second-order valence-electron chi connectivity index (χ2n) is 8.05. The third kappa shape index (κ3) is 4.38. The lowest BCUT2D eigenvalue weighted by Crippen LogP contribution is -2.37. The maximum Gasteiger partial charge on any atom is 0.254 e. The van der Waals surface area contributed by atoms with Crippen molar-refractivity contribution in [2.45, 2.75) is 19.8 Å². The van der Waals surface area contributed by atoms with Crippen molar-refractivity contribution in [1.82, 2.24) is 9.80 Å². The minimum atomic E-state index is -0.365. The Kier molecular flexibility index (Phi) is 7.28. The van der Waals surface area contributed by atoms with Gasteiger partial charge in [-0.1, -0.05) is 18.2 Å². The number of methoxy groups -OCH3 is 3. The van der Waals surface area contributed by atoms with E-state index in [2.05, 4.69) is 0 Å². The first-order chi connectivity index (χ1) is 15.4. The van der Waals surface area contributed by atoms with E-state index in [0.29, 0.717) is 42.4 Å². The number of benzene rings is 2. The summed E-state index contributed by atoms with van der Waals surface area (Å²) < 4.78 is 16.5. The molecule has 2 amide bonds. The maximum atomic E-state index is 13.3. The van der Waals surface area contributed by atoms with Crippen molar-refractivity contribution in [3.8, 4) is 17.2 Å². The van der Waals surface area contributed by atoms with Crippen LogP contribution in [0.3, 0.4) is 0 Å². The first-order valence-corrected chi connectivity index (χ1v) is 10.8. The third-order valence-electron chi connectivity index (χ3n) is 6.27. The number of aryl methyl sites for hydroxylation is 1. The normalized spacial score (nSPS) is 17.8. The van der Waals surface area contributed by atoms with E-state index in [0.717, 1.165) is 11.1 Å². The SMILES string of the molecule is CCN(C)C(=O)[C@H]1CN(C(=O)c2ccccc2C)C[C@@H]1c1cc(OC)c(OC)c(OC)c1. The topological polar surface area (TPSA) is 68.3 Å². The Hall–Kier alpha value is -3.22. The number of hydrogen-bond donors (Lipinski definition) is 0. The number of nitrogens with zero attached hydrogens (tertiary/aromatic N) is 2. The molecule has 3 rings (SSSR count). The van der Waals surface area contributed by atoms with Gasteiger partial charge in [-0.15, -0.1) is 0 Å². The summed E-state index contributed by atoms with van der Waals surface area (Å²) in [6, 6.07) is 11.3. The zero-order chi connectivity index (χ0) is 23.4. The molecule has 0 unspecified atom stereocenters. The quantitative estimate of drug-likeness (QED) is 0.661. The fraction of sp³-hybridized carbons (Fsp3) is 0.440. The van der Waals surface area contributed by atoms with Crippen LogP contribution in [0.1, 0.15) is 34.3 Å². The summed E-state index contributed by atoms with van der Waals surface area (Å²) in [5.74, 6) is 0.953. The molecule has 0 N–H and O–H groups in total. The van der Waals surface area contributed by atoms with Crippen molar-refractivity contribution >= 4 is 11.8 Å². The largest absolute Gasteiger partial charge is 0.493 e. The van der Waals surface area contributed by atoms with Crippen LogP contribution in [0.15, 0.2) is 36.4 Å². The number of hydrogen-bond acceptors (Lipinski definition) is 5. The highest BCUT2D eigenvalue weighted by Gasteiger charge is 2.42.